The maximum absolute atomic E-state index is 13.2. The average Bonchev–Trinajstić information content (AvgIpc) is 3.35. The summed E-state index contributed by atoms with van der Waals surface area (Å²) in [6.45, 7) is 4.02. The van der Waals surface area contributed by atoms with Gasteiger partial charge in [0.2, 0.25) is 0 Å². The van der Waals surface area contributed by atoms with E-state index in [4.69, 9.17) is 5.10 Å². The minimum atomic E-state index is -0.158. The number of amides is 1. The SMILES string of the molecule is Cc1ccc(-n2nc(-c3cccn3C)cc2C(=O)N[C@@H](C)c2ccccc2)cc1. The second-order valence-corrected chi connectivity index (χ2v) is 7.27. The molecule has 0 saturated carbocycles. The molecule has 0 aliphatic carbocycles. The maximum Gasteiger partial charge on any atom is 0.270 e. The van der Waals surface area contributed by atoms with E-state index in [1.54, 1.807) is 4.68 Å². The van der Waals surface area contributed by atoms with Crippen molar-refractivity contribution in [2.75, 3.05) is 0 Å². The van der Waals surface area contributed by atoms with Crippen molar-refractivity contribution in [3.8, 4) is 17.1 Å². The van der Waals surface area contributed by atoms with Crippen LogP contribution in [-0.2, 0) is 7.05 Å². The van der Waals surface area contributed by atoms with Gasteiger partial charge in [0.1, 0.15) is 11.4 Å². The van der Waals surface area contributed by atoms with Crippen molar-refractivity contribution in [3.63, 3.8) is 0 Å². The molecule has 1 N–H and O–H groups in total. The summed E-state index contributed by atoms with van der Waals surface area (Å²) in [4.78, 5) is 13.2. The highest BCUT2D eigenvalue weighted by atomic mass is 16.2. The van der Waals surface area contributed by atoms with Crippen LogP contribution < -0.4 is 5.32 Å². The van der Waals surface area contributed by atoms with Crippen molar-refractivity contribution in [3.05, 3.63) is 95.8 Å². The van der Waals surface area contributed by atoms with E-state index in [-0.39, 0.29) is 11.9 Å². The predicted molar refractivity (Wildman–Crippen MR) is 115 cm³/mol. The summed E-state index contributed by atoms with van der Waals surface area (Å²) in [6, 6.07) is 23.7. The molecule has 1 amide bonds. The lowest BCUT2D eigenvalue weighted by atomic mass is 10.1. The van der Waals surface area contributed by atoms with Gasteiger partial charge in [-0.1, -0.05) is 48.0 Å². The largest absolute Gasteiger partial charge is 0.349 e. The van der Waals surface area contributed by atoms with E-state index in [1.807, 2.05) is 104 Å². The van der Waals surface area contributed by atoms with Gasteiger partial charge < -0.3 is 9.88 Å². The minimum absolute atomic E-state index is 0.108. The zero-order valence-corrected chi connectivity index (χ0v) is 16.8. The number of carbonyl (C=O) groups excluding carboxylic acids is 1. The van der Waals surface area contributed by atoms with Gasteiger partial charge in [0.15, 0.2) is 0 Å². The minimum Gasteiger partial charge on any atom is -0.349 e. The smallest absolute Gasteiger partial charge is 0.270 e. The lowest BCUT2D eigenvalue weighted by Gasteiger charge is -2.15. The molecule has 2 heterocycles. The van der Waals surface area contributed by atoms with Gasteiger partial charge in [0, 0.05) is 13.2 Å². The van der Waals surface area contributed by atoms with Gasteiger partial charge >= 0.3 is 0 Å². The maximum atomic E-state index is 13.2. The number of nitrogens with one attached hydrogen (secondary N) is 1. The highest BCUT2D eigenvalue weighted by Crippen LogP contribution is 2.23. The van der Waals surface area contributed by atoms with Crippen molar-refractivity contribution in [2.24, 2.45) is 7.05 Å². The van der Waals surface area contributed by atoms with E-state index in [9.17, 15) is 4.79 Å². The molecule has 0 aliphatic heterocycles. The Kier molecular flexibility index (Phi) is 5.04. The lowest BCUT2D eigenvalue weighted by molar-refractivity contribution is 0.0932. The van der Waals surface area contributed by atoms with Crippen molar-refractivity contribution in [1.29, 1.82) is 0 Å². The van der Waals surface area contributed by atoms with Crippen LogP contribution >= 0.6 is 0 Å². The number of rotatable bonds is 5. The van der Waals surface area contributed by atoms with Crippen LogP contribution in [0.2, 0.25) is 0 Å². The molecule has 1 atom stereocenters. The van der Waals surface area contributed by atoms with Crippen LogP contribution in [0.25, 0.3) is 17.1 Å². The Labute approximate surface area is 170 Å². The molecule has 2 aromatic heterocycles. The zero-order chi connectivity index (χ0) is 20.4. The summed E-state index contributed by atoms with van der Waals surface area (Å²) in [7, 11) is 1.97. The summed E-state index contributed by atoms with van der Waals surface area (Å²) in [5.41, 5.74) is 5.30. The summed E-state index contributed by atoms with van der Waals surface area (Å²) in [5, 5.41) is 7.85. The predicted octanol–water partition coefficient (Wildman–Crippen LogP) is 4.68. The number of aryl methyl sites for hydroxylation is 2. The molecule has 0 aliphatic rings. The Morgan fingerprint density at radius 2 is 1.72 bits per heavy atom. The van der Waals surface area contributed by atoms with E-state index >= 15 is 0 Å². The summed E-state index contributed by atoms with van der Waals surface area (Å²) in [6.07, 6.45) is 1.97. The third-order valence-corrected chi connectivity index (χ3v) is 5.07. The molecule has 4 aromatic rings. The fourth-order valence-corrected chi connectivity index (χ4v) is 3.37. The van der Waals surface area contributed by atoms with Crippen molar-refractivity contribution < 1.29 is 4.79 Å². The normalized spacial score (nSPS) is 12.0. The van der Waals surface area contributed by atoms with Crippen LogP contribution in [0.15, 0.2) is 79.0 Å². The molecule has 0 saturated heterocycles. The molecule has 0 spiro atoms. The average molecular weight is 384 g/mol. The van der Waals surface area contributed by atoms with Gasteiger partial charge in [-0.2, -0.15) is 5.10 Å². The molecule has 0 radical (unpaired) electrons. The zero-order valence-electron chi connectivity index (χ0n) is 16.8. The Morgan fingerprint density at radius 1 is 1.00 bits per heavy atom. The molecule has 146 valence electrons. The van der Waals surface area contributed by atoms with E-state index in [1.165, 1.54) is 0 Å². The van der Waals surface area contributed by atoms with E-state index in [0.29, 0.717) is 5.69 Å². The summed E-state index contributed by atoms with van der Waals surface area (Å²) in [5.74, 6) is -0.158. The van der Waals surface area contributed by atoms with Crippen LogP contribution in [0.5, 0.6) is 0 Å². The summed E-state index contributed by atoms with van der Waals surface area (Å²) >= 11 is 0. The third kappa shape index (κ3) is 3.85. The first-order chi connectivity index (χ1) is 14.0. The highest BCUT2D eigenvalue weighted by Gasteiger charge is 2.20. The number of carbonyl (C=O) groups is 1. The Balaban J connectivity index is 1.72. The van der Waals surface area contributed by atoms with Gasteiger partial charge in [-0.3, -0.25) is 4.79 Å². The monoisotopic (exact) mass is 384 g/mol. The third-order valence-electron chi connectivity index (χ3n) is 5.07. The fraction of sp³-hybridized carbons (Fsp3) is 0.167. The molecule has 4 rings (SSSR count). The Morgan fingerprint density at radius 3 is 2.38 bits per heavy atom. The number of aromatic nitrogens is 3. The van der Waals surface area contributed by atoms with E-state index in [0.717, 1.165) is 28.2 Å². The first kappa shape index (κ1) is 18.7. The van der Waals surface area contributed by atoms with E-state index in [2.05, 4.69) is 5.32 Å². The first-order valence-corrected chi connectivity index (χ1v) is 9.67. The molecule has 0 fully saturated rings. The fourth-order valence-electron chi connectivity index (χ4n) is 3.37. The molecule has 5 nitrogen and oxygen atoms in total. The van der Waals surface area contributed by atoms with Crippen LogP contribution in [0.3, 0.4) is 0 Å². The summed E-state index contributed by atoms with van der Waals surface area (Å²) < 4.78 is 3.71. The second-order valence-electron chi connectivity index (χ2n) is 7.27. The quantitative estimate of drug-likeness (QED) is 0.543. The van der Waals surface area contributed by atoms with Crippen LogP contribution in [0.4, 0.5) is 0 Å². The number of hydrogen-bond acceptors (Lipinski definition) is 2. The molecule has 2 aromatic carbocycles. The number of nitrogens with zero attached hydrogens (tertiary/aromatic N) is 3. The molecular weight excluding hydrogens is 360 g/mol. The molecule has 0 bridgehead atoms. The Hall–Kier alpha value is -3.60. The number of hydrogen-bond donors (Lipinski definition) is 1. The van der Waals surface area contributed by atoms with Gasteiger partial charge in [0.25, 0.3) is 5.91 Å². The van der Waals surface area contributed by atoms with Crippen LogP contribution in [0, 0.1) is 6.92 Å². The second kappa shape index (κ2) is 7.80. The van der Waals surface area contributed by atoms with Gasteiger partial charge in [-0.05, 0) is 49.7 Å². The van der Waals surface area contributed by atoms with Crippen LogP contribution in [-0.4, -0.2) is 20.3 Å². The molecule has 29 heavy (non-hydrogen) atoms. The van der Waals surface area contributed by atoms with E-state index < -0.39 is 0 Å². The van der Waals surface area contributed by atoms with Crippen molar-refractivity contribution in [1.82, 2.24) is 19.7 Å². The number of benzene rings is 2. The molecule has 0 unspecified atom stereocenters. The standard InChI is InChI=1S/C24H24N4O/c1-17-11-13-20(14-12-17)28-23(16-21(26-28)22-10-7-15-27(22)3)24(29)25-18(2)19-8-5-4-6-9-19/h4-16,18H,1-3H3,(H,25,29)/t18-/m0/s1. The first-order valence-electron chi connectivity index (χ1n) is 9.67. The van der Waals surface area contributed by atoms with Crippen molar-refractivity contribution in [2.45, 2.75) is 19.9 Å². The van der Waals surface area contributed by atoms with Gasteiger partial charge in [-0.15, -0.1) is 0 Å². The van der Waals surface area contributed by atoms with Crippen molar-refractivity contribution >= 4 is 5.91 Å². The lowest BCUT2D eigenvalue weighted by Crippen LogP contribution is -2.28. The van der Waals surface area contributed by atoms with Gasteiger partial charge in [-0.25, -0.2) is 4.68 Å². The molecular formula is C24H24N4O. The molecule has 5 heteroatoms. The Bertz CT molecular complexity index is 1120. The van der Waals surface area contributed by atoms with Gasteiger partial charge in [0.05, 0.1) is 17.4 Å². The highest BCUT2D eigenvalue weighted by molar-refractivity contribution is 5.94. The topological polar surface area (TPSA) is 51.9 Å². The van der Waals surface area contributed by atoms with Crippen LogP contribution in [0.1, 0.15) is 34.6 Å².